The molecule has 0 atom stereocenters. The van der Waals surface area contributed by atoms with E-state index in [-0.39, 0.29) is 32.5 Å². The largest absolute Gasteiger partial charge is 0.287 e. The van der Waals surface area contributed by atoms with E-state index in [0.29, 0.717) is 0 Å². The van der Waals surface area contributed by atoms with E-state index in [9.17, 15) is 29.8 Å². The van der Waals surface area contributed by atoms with E-state index in [4.69, 9.17) is 23.2 Å². The summed E-state index contributed by atoms with van der Waals surface area (Å²) in [6, 6.07) is 6.57. The van der Waals surface area contributed by atoms with Gasteiger partial charge >= 0.3 is 0 Å². The van der Waals surface area contributed by atoms with Crippen molar-refractivity contribution in [2.45, 2.75) is 0 Å². The highest BCUT2D eigenvalue weighted by Crippen LogP contribution is 2.25. The van der Waals surface area contributed by atoms with Gasteiger partial charge in [-0.2, -0.15) is 0 Å². The lowest BCUT2D eigenvalue weighted by Crippen LogP contribution is -2.41. The fourth-order valence-electron chi connectivity index (χ4n) is 1.85. The van der Waals surface area contributed by atoms with Gasteiger partial charge in [-0.3, -0.25) is 40.7 Å². The number of nitrogens with zero attached hydrogens (tertiary/aromatic N) is 2. The van der Waals surface area contributed by atoms with Crippen LogP contribution >= 0.6 is 23.2 Å². The Balaban J connectivity index is 2.06. The zero-order valence-electron chi connectivity index (χ0n) is 12.6. The molecule has 2 rings (SSSR count). The number of hydrogen-bond donors (Lipinski definition) is 2. The quantitative estimate of drug-likeness (QED) is 0.597. The summed E-state index contributed by atoms with van der Waals surface area (Å²) in [5, 5.41) is 20.9. The van der Waals surface area contributed by atoms with Crippen molar-refractivity contribution in [3.8, 4) is 0 Å². The Morgan fingerprint density at radius 1 is 0.769 bits per heavy atom. The Bertz CT molecular complexity index is 858. The molecule has 0 aliphatic carbocycles. The second-order valence-corrected chi connectivity index (χ2v) is 5.57. The van der Waals surface area contributed by atoms with Gasteiger partial charge in [-0.1, -0.05) is 23.2 Å². The average Bonchev–Trinajstić information content (AvgIpc) is 2.58. The average molecular weight is 399 g/mol. The normalized spacial score (nSPS) is 10.1. The molecule has 0 aliphatic heterocycles. The van der Waals surface area contributed by atoms with Crippen molar-refractivity contribution < 1.29 is 19.4 Å². The van der Waals surface area contributed by atoms with Gasteiger partial charge in [-0.05, 0) is 24.3 Å². The summed E-state index contributed by atoms with van der Waals surface area (Å²) < 4.78 is 0. The van der Waals surface area contributed by atoms with Gasteiger partial charge in [-0.15, -0.1) is 0 Å². The van der Waals surface area contributed by atoms with Crippen LogP contribution in [0, 0.1) is 20.2 Å². The Labute approximate surface area is 155 Å². The van der Waals surface area contributed by atoms with Gasteiger partial charge < -0.3 is 0 Å². The first-order chi connectivity index (χ1) is 12.2. The van der Waals surface area contributed by atoms with E-state index in [2.05, 4.69) is 10.9 Å². The maximum Gasteiger partial charge on any atom is 0.287 e. The second kappa shape index (κ2) is 7.76. The Hall–Kier alpha value is -3.24. The van der Waals surface area contributed by atoms with Gasteiger partial charge in [0, 0.05) is 23.3 Å². The minimum atomic E-state index is -0.775. The summed E-state index contributed by atoms with van der Waals surface area (Å²) >= 11 is 11.4. The molecule has 0 saturated heterocycles. The highest BCUT2D eigenvalue weighted by molar-refractivity contribution is 6.33. The molecule has 0 heterocycles. The molecule has 0 bridgehead atoms. The van der Waals surface area contributed by atoms with Crippen LogP contribution in [0.2, 0.25) is 10.0 Å². The number of hydrogen-bond acceptors (Lipinski definition) is 6. The minimum Gasteiger partial charge on any atom is -0.267 e. The highest BCUT2D eigenvalue weighted by Gasteiger charge is 2.17. The van der Waals surface area contributed by atoms with E-state index in [0.717, 1.165) is 36.4 Å². The molecule has 12 heteroatoms. The van der Waals surface area contributed by atoms with Gasteiger partial charge in [0.25, 0.3) is 23.2 Å². The Morgan fingerprint density at radius 2 is 1.12 bits per heavy atom. The van der Waals surface area contributed by atoms with Crippen LogP contribution in [-0.4, -0.2) is 21.7 Å². The van der Waals surface area contributed by atoms with Crippen LogP contribution in [0.3, 0.4) is 0 Å². The topological polar surface area (TPSA) is 144 Å². The lowest BCUT2D eigenvalue weighted by molar-refractivity contribution is -0.384. The van der Waals surface area contributed by atoms with Crippen LogP contribution in [0.1, 0.15) is 20.7 Å². The third-order valence-electron chi connectivity index (χ3n) is 3.10. The molecule has 0 spiro atoms. The third-order valence-corrected chi connectivity index (χ3v) is 3.71. The van der Waals surface area contributed by atoms with Crippen LogP contribution in [0.4, 0.5) is 11.4 Å². The van der Waals surface area contributed by atoms with Crippen LogP contribution in [0.25, 0.3) is 0 Å². The standard InChI is InChI=1S/C14H8Cl2N4O6/c15-9-5-7(1-3-11(9)19(23)24)13(21)17-18-14(22)8-2-4-12(20(25)26)10(16)6-8/h1-6H,(H,17,21)(H,18,22). The monoisotopic (exact) mass is 398 g/mol. The summed E-state index contributed by atoms with van der Waals surface area (Å²) in [5.74, 6) is -1.55. The van der Waals surface area contributed by atoms with E-state index in [1.54, 1.807) is 0 Å². The predicted molar refractivity (Wildman–Crippen MR) is 91.1 cm³/mol. The molecule has 2 amide bonds. The maximum absolute atomic E-state index is 12.0. The van der Waals surface area contributed by atoms with Crippen molar-refractivity contribution in [2.75, 3.05) is 0 Å². The Morgan fingerprint density at radius 3 is 1.38 bits per heavy atom. The number of carbonyl (C=O) groups is 2. The molecule has 134 valence electrons. The zero-order chi connectivity index (χ0) is 19.4. The molecule has 0 saturated carbocycles. The molecule has 0 radical (unpaired) electrons. The number of carbonyl (C=O) groups excluding carboxylic acids is 2. The zero-order valence-corrected chi connectivity index (χ0v) is 14.1. The molecule has 0 unspecified atom stereocenters. The van der Waals surface area contributed by atoms with Crippen molar-refractivity contribution in [3.05, 3.63) is 77.8 Å². The molecule has 26 heavy (non-hydrogen) atoms. The number of nitro groups is 2. The molecule has 2 aromatic rings. The predicted octanol–water partition coefficient (Wildman–Crippen LogP) is 2.88. The second-order valence-electron chi connectivity index (χ2n) is 4.75. The summed E-state index contributed by atoms with van der Waals surface area (Å²) in [4.78, 5) is 43.9. The van der Waals surface area contributed by atoms with Crippen molar-refractivity contribution in [2.24, 2.45) is 0 Å². The van der Waals surface area contributed by atoms with Crippen LogP contribution < -0.4 is 10.9 Å². The van der Waals surface area contributed by atoms with Crippen LogP contribution in [0.15, 0.2) is 36.4 Å². The van der Waals surface area contributed by atoms with Crippen molar-refractivity contribution in [3.63, 3.8) is 0 Å². The van der Waals surface area contributed by atoms with Crippen molar-refractivity contribution in [1.29, 1.82) is 0 Å². The summed E-state index contributed by atoms with van der Waals surface area (Å²) in [6.07, 6.45) is 0. The number of benzene rings is 2. The van der Waals surface area contributed by atoms with E-state index in [1.165, 1.54) is 0 Å². The SMILES string of the molecule is O=C(NNC(=O)c1ccc([N+](=O)[O-])c(Cl)c1)c1ccc([N+](=O)[O-])c(Cl)c1. The van der Waals surface area contributed by atoms with Crippen LogP contribution in [0.5, 0.6) is 0 Å². The van der Waals surface area contributed by atoms with Gasteiger partial charge in [-0.25, -0.2) is 0 Å². The third kappa shape index (κ3) is 4.23. The first kappa shape index (κ1) is 19.1. The van der Waals surface area contributed by atoms with E-state index >= 15 is 0 Å². The smallest absolute Gasteiger partial charge is 0.267 e. The van der Waals surface area contributed by atoms with Gasteiger partial charge in [0.15, 0.2) is 0 Å². The molecule has 0 aliphatic rings. The van der Waals surface area contributed by atoms with Crippen molar-refractivity contribution >= 4 is 46.4 Å². The summed E-state index contributed by atoms with van der Waals surface area (Å²) in [5.41, 5.74) is 3.39. The first-order valence-corrected chi connectivity index (χ1v) is 7.45. The fourth-order valence-corrected chi connectivity index (χ4v) is 2.35. The van der Waals surface area contributed by atoms with E-state index in [1.807, 2.05) is 0 Å². The molecule has 0 fully saturated rings. The Kier molecular flexibility index (Phi) is 5.70. The highest BCUT2D eigenvalue weighted by atomic mass is 35.5. The summed E-state index contributed by atoms with van der Waals surface area (Å²) in [7, 11) is 0. The molecule has 0 aromatic heterocycles. The van der Waals surface area contributed by atoms with Crippen LogP contribution in [-0.2, 0) is 0 Å². The maximum atomic E-state index is 12.0. The fraction of sp³-hybridized carbons (Fsp3) is 0. The molecule has 10 nitrogen and oxygen atoms in total. The first-order valence-electron chi connectivity index (χ1n) is 6.69. The number of nitrogens with one attached hydrogen (secondary N) is 2. The lowest BCUT2D eigenvalue weighted by atomic mass is 10.2. The number of halogens is 2. The minimum absolute atomic E-state index is 0.0253. The lowest BCUT2D eigenvalue weighted by Gasteiger charge is -2.08. The molecular formula is C14H8Cl2N4O6. The van der Waals surface area contributed by atoms with E-state index < -0.39 is 21.7 Å². The summed E-state index contributed by atoms with van der Waals surface area (Å²) in [6.45, 7) is 0. The number of nitro benzene ring substituents is 2. The van der Waals surface area contributed by atoms with Gasteiger partial charge in [0.1, 0.15) is 10.0 Å². The van der Waals surface area contributed by atoms with Crippen molar-refractivity contribution in [1.82, 2.24) is 10.9 Å². The van der Waals surface area contributed by atoms with Gasteiger partial charge in [0.2, 0.25) is 0 Å². The molecule has 2 N–H and O–H groups in total. The molecular weight excluding hydrogens is 391 g/mol. The number of rotatable bonds is 4. The number of hydrazine groups is 1. The van der Waals surface area contributed by atoms with Gasteiger partial charge in [0.05, 0.1) is 9.85 Å². The number of amides is 2. The molecule has 2 aromatic carbocycles.